The Labute approximate surface area is 142 Å². The third-order valence-electron chi connectivity index (χ3n) is 3.65. The average molecular weight is 328 g/mol. The van der Waals surface area contributed by atoms with Crippen molar-refractivity contribution in [3.8, 4) is 0 Å². The number of rotatable bonds is 10. The van der Waals surface area contributed by atoms with Crippen LogP contribution in [0.3, 0.4) is 0 Å². The van der Waals surface area contributed by atoms with Gasteiger partial charge in [0, 0.05) is 12.7 Å². The Morgan fingerprint density at radius 3 is 2.54 bits per heavy atom. The maximum absolute atomic E-state index is 10.6. The van der Waals surface area contributed by atoms with Crippen molar-refractivity contribution in [1.82, 2.24) is 10.3 Å². The number of hydrogen-bond donors (Lipinski definition) is 4. The molecule has 0 amide bonds. The highest BCUT2D eigenvalue weighted by Gasteiger charge is 2.00. The van der Waals surface area contributed by atoms with Crippen LogP contribution in [0.15, 0.2) is 42.6 Å². The Kier molecular flexibility index (Phi) is 7.04. The second-order valence-corrected chi connectivity index (χ2v) is 5.60. The van der Waals surface area contributed by atoms with E-state index in [2.05, 4.69) is 15.6 Å². The lowest BCUT2D eigenvalue weighted by Crippen LogP contribution is -2.20. The molecule has 0 bridgehead atoms. The SMILES string of the molecule is Nc1ncccc1NCCCNCCc1ccc(CC(=O)O)cc1. The molecule has 5 N–H and O–H groups in total. The van der Waals surface area contributed by atoms with Gasteiger partial charge in [0.25, 0.3) is 0 Å². The molecule has 0 spiro atoms. The fraction of sp³-hybridized carbons (Fsp3) is 0.333. The van der Waals surface area contributed by atoms with Crippen LogP contribution in [-0.2, 0) is 17.6 Å². The van der Waals surface area contributed by atoms with Crippen molar-refractivity contribution in [3.05, 3.63) is 53.7 Å². The quantitative estimate of drug-likeness (QED) is 0.497. The number of pyridine rings is 1. The minimum absolute atomic E-state index is 0.0764. The Bertz CT molecular complexity index is 644. The van der Waals surface area contributed by atoms with Gasteiger partial charge in [0.05, 0.1) is 12.1 Å². The van der Waals surface area contributed by atoms with E-state index in [9.17, 15) is 4.79 Å². The first kappa shape index (κ1) is 17.7. The first-order valence-corrected chi connectivity index (χ1v) is 8.10. The number of nitrogen functional groups attached to an aromatic ring is 1. The fourth-order valence-electron chi connectivity index (χ4n) is 2.36. The van der Waals surface area contributed by atoms with Gasteiger partial charge in [0.2, 0.25) is 0 Å². The molecule has 2 aromatic rings. The standard InChI is InChI=1S/C18H24N4O2/c19-18-16(3-1-10-22-18)21-11-2-9-20-12-8-14-4-6-15(7-5-14)13-17(23)24/h1,3-7,10,20-21H,2,8-9,11-13H2,(H2,19,22)(H,23,24). The minimum atomic E-state index is -0.800. The first-order chi connectivity index (χ1) is 11.6. The number of nitrogens with one attached hydrogen (secondary N) is 2. The van der Waals surface area contributed by atoms with Crippen molar-refractivity contribution < 1.29 is 9.90 Å². The lowest BCUT2D eigenvalue weighted by atomic mass is 10.1. The molecule has 24 heavy (non-hydrogen) atoms. The summed E-state index contributed by atoms with van der Waals surface area (Å²) in [5, 5.41) is 15.4. The van der Waals surface area contributed by atoms with E-state index in [-0.39, 0.29) is 6.42 Å². The molecule has 1 aromatic heterocycles. The van der Waals surface area contributed by atoms with Crippen molar-refractivity contribution in [1.29, 1.82) is 0 Å². The van der Waals surface area contributed by atoms with Crippen molar-refractivity contribution in [2.45, 2.75) is 19.3 Å². The predicted octanol–water partition coefficient (Wildman–Crippen LogP) is 1.93. The number of anilines is 2. The predicted molar refractivity (Wildman–Crippen MR) is 96.1 cm³/mol. The van der Waals surface area contributed by atoms with Crippen LogP contribution in [0.2, 0.25) is 0 Å². The lowest BCUT2D eigenvalue weighted by molar-refractivity contribution is -0.136. The Balaban J connectivity index is 1.56. The number of benzene rings is 1. The van der Waals surface area contributed by atoms with Gasteiger partial charge in [-0.1, -0.05) is 24.3 Å². The van der Waals surface area contributed by atoms with Crippen LogP contribution in [0.1, 0.15) is 17.5 Å². The largest absolute Gasteiger partial charge is 0.481 e. The second kappa shape index (κ2) is 9.52. The summed E-state index contributed by atoms with van der Waals surface area (Å²) in [5.41, 5.74) is 8.68. The van der Waals surface area contributed by atoms with E-state index < -0.39 is 5.97 Å². The normalized spacial score (nSPS) is 10.5. The molecule has 0 radical (unpaired) electrons. The van der Waals surface area contributed by atoms with Crippen LogP contribution >= 0.6 is 0 Å². The topological polar surface area (TPSA) is 100 Å². The Hall–Kier alpha value is -2.60. The molecular formula is C18H24N4O2. The molecular weight excluding hydrogens is 304 g/mol. The third-order valence-corrected chi connectivity index (χ3v) is 3.65. The lowest BCUT2D eigenvalue weighted by Gasteiger charge is -2.09. The molecule has 6 heteroatoms. The van der Waals surface area contributed by atoms with E-state index >= 15 is 0 Å². The third kappa shape index (κ3) is 6.26. The molecule has 0 aliphatic rings. The summed E-state index contributed by atoms with van der Waals surface area (Å²) in [6.07, 6.45) is 3.67. The molecule has 0 unspecified atom stereocenters. The zero-order valence-corrected chi connectivity index (χ0v) is 13.7. The zero-order valence-electron chi connectivity index (χ0n) is 13.7. The molecule has 0 atom stereocenters. The van der Waals surface area contributed by atoms with Gasteiger partial charge in [-0.3, -0.25) is 4.79 Å². The molecule has 6 nitrogen and oxygen atoms in total. The summed E-state index contributed by atoms with van der Waals surface area (Å²) in [6.45, 7) is 2.66. The average Bonchev–Trinajstić information content (AvgIpc) is 2.56. The summed E-state index contributed by atoms with van der Waals surface area (Å²) in [6, 6.07) is 11.5. The van der Waals surface area contributed by atoms with Gasteiger partial charge in [-0.2, -0.15) is 0 Å². The van der Waals surface area contributed by atoms with Gasteiger partial charge in [-0.15, -0.1) is 0 Å². The van der Waals surface area contributed by atoms with E-state index in [1.54, 1.807) is 6.20 Å². The number of carbonyl (C=O) groups is 1. The van der Waals surface area contributed by atoms with E-state index in [0.29, 0.717) is 5.82 Å². The zero-order chi connectivity index (χ0) is 17.2. The first-order valence-electron chi connectivity index (χ1n) is 8.10. The van der Waals surface area contributed by atoms with Crippen LogP contribution in [0.25, 0.3) is 0 Å². The van der Waals surface area contributed by atoms with E-state index in [4.69, 9.17) is 10.8 Å². The second-order valence-electron chi connectivity index (χ2n) is 5.60. The number of carboxylic acids is 1. The minimum Gasteiger partial charge on any atom is -0.481 e. The Morgan fingerprint density at radius 1 is 1.08 bits per heavy atom. The van der Waals surface area contributed by atoms with Gasteiger partial charge < -0.3 is 21.5 Å². The molecule has 1 aromatic carbocycles. The summed E-state index contributed by atoms with van der Waals surface area (Å²) >= 11 is 0. The maximum atomic E-state index is 10.6. The summed E-state index contributed by atoms with van der Waals surface area (Å²) < 4.78 is 0. The Morgan fingerprint density at radius 2 is 1.83 bits per heavy atom. The summed E-state index contributed by atoms with van der Waals surface area (Å²) in [4.78, 5) is 14.7. The van der Waals surface area contributed by atoms with Gasteiger partial charge in [-0.25, -0.2) is 4.98 Å². The van der Waals surface area contributed by atoms with Crippen LogP contribution in [0.4, 0.5) is 11.5 Å². The fourth-order valence-corrected chi connectivity index (χ4v) is 2.36. The molecule has 0 fully saturated rings. The number of nitrogens with zero attached hydrogens (tertiary/aromatic N) is 1. The van der Waals surface area contributed by atoms with E-state index in [1.807, 2.05) is 36.4 Å². The van der Waals surface area contributed by atoms with Gasteiger partial charge >= 0.3 is 5.97 Å². The highest BCUT2D eigenvalue weighted by atomic mass is 16.4. The van der Waals surface area contributed by atoms with Crippen molar-refractivity contribution in [3.63, 3.8) is 0 Å². The van der Waals surface area contributed by atoms with Gasteiger partial charge in [-0.05, 0) is 49.2 Å². The van der Waals surface area contributed by atoms with E-state index in [1.165, 1.54) is 5.56 Å². The van der Waals surface area contributed by atoms with Crippen molar-refractivity contribution in [2.75, 3.05) is 30.7 Å². The molecule has 1 heterocycles. The van der Waals surface area contributed by atoms with Crippen LogP contribution in [0.5, 0.6) is 0 Å². The van der Waals surface area contributed by atoms with Crippen LogP contribution in [-0.4, -0.2) is 35.7 Å². The molecule has 0 aliphatic carbocycles. The van der Waals surface area contributed by atoms with Crippen molar-refractivity contribution >= 4 is 17.5 Å². The smallest absolute Gasteiger partial charge is 0.307 e. The number of nitrogens with two attached hydrogens (primary N) is 1. The number of aromatic nitrogens is 1. The number of aliphatic carboxylic acids is 1. The van der Waals surface area contributed by atoms with Crippen LogP contribution in [0, 0.1) is 0 Å². The number of carboxylic acid groups (broad SMARTS) is 1. The summed E-state index contributed by atoms with van der Waals surface area (Å²) in [7, 11) is 0. The molecule has 0 saturated carbocycles. The molecule has 0 aliphatic heterocycles. The van der Waals surface area contributed by atoms with Crippen molar-refractivity contribution in [2.24, 2.45) is 0 Å². The van der Waals surface area contributed by atoms with Gasteiger partial charge in [0.15, 0.2) is 0 Å². The monoisotopic (exact) mass is 328 g/mol. The number of hydrogen-bond acceptors (Lipinski definition) is 5. The molecule has 128 valence electrons. The molecule has 2 rings (SSSR count). The summed E-state index contributed by atoms with van der Waals surface area (Å²) in [5.74, 6) is -0.275. The highest BCUT2D eigenvalue weighted by Crippen LogP contribution is 2.12. The van der Waals surface area contributed by atoms with E-state index in [0.717, 1.165) is 43.7 Å². The van der Waals surface area contributed by atoms with Crippen LogP contribution < -0.4 is 16.4 Å². The highest BCUT2D eigenvalue weighted by molar-refractivity contribution is 5.70. The van der Waals surface area contributed by atoms with Gasteiger partial charge in [0.1, 0.15) is 5.82 Å². The molecule has 0 saturated heterocycles. The maximum Gasteiger partial charge on any atom is 0.307 e.